The monoisotopic (exact) mass is 183 g/mol. The van der Waals surface area contributed by atoms with Gasteiger partial charge in [0.15, 0.2) is 0 Å². The number of nitrogens with zero attached hydrogens (tertiary/aromatic N) is 1. The fourth-order valence-electron chi connectivity index (χ4n) is 0.321. The van der Waals surface area contributed by atoms with Gasteiger partial charge >= 0.3 is 0 Å². The summed E-state index contributed by atoms with van der Waals surface area (Å²) in [5.41, 5.74) is 1.19. The maximum atomic E-state index is 3.99. The van der Waals surface area contributed by atoms with Crippen molar-refractivity contribution in [2.75, 3.05) is 0 Å². The molecule has 0 bridgehead atoms. The average molecular weight is 183 g/mol. The van der Waals surface area contributed by atoms with Gasteiger partial charge in [0.05, 0.1) is 0 Å². The Morgan fingerprint density at radius 3 is 1.77 bits per heavy atom. The fourth-order valence-corrected chi connectivity index (χ4v) is 0.321. The lowest BCUT2D eigenvalue weighted by atomic mass is 10.3. The van der Waals surface area contributed by atoms with Crippen LogP contribution < -0.4 is 0 Å². The summed E-state index contributed by atoms with van der Waals surface area (Å²) in [6.07, 6.45) is 7.53. The van der Waals surface area contributed by atoms with Crippen LogP contribution in [0.3, 0.4) is 0 Å². The normalized spacial score (nSPS) is 10.5. The summed E-state index contributed by atoms with van der Waals surface area (Å²) in [7, 11) is 0. The largest absolute Gasteiger partial charge is 0.265 e. The van der Waals surface area contributed by atoms with Gasteiger partial charge in [0.1, 0.15) is 0 Å². The number of aliphatic imine (C=N–C) groups is 1. The molecule has 1 nitrogen and oxygen atoms in total. The Hall–Kier alpha value is -0.850. The number of allylic oxidation sites excluding steroid dienone is 3. The van der Waals surface area contributed by atoms with E-state index in [-0.39, 0.29) is 0 Å². The molecular formula is C12H25N. The van der Waals surface area contributed by atoms with Crippen molar-refractivity contribution in [2.24, 2.45) is 4.99 Å². The first-order valence-corrected chi connectivity index (χ1v) is 5.08. The lowest BCUT2D eigenvalue weighted by molar-refractivity contribution is 1.49. The summed E-state index contributed by atoms with van der Waals surface area (Å²) in [5, 5.41) is 0. The van der Waals surface area contributed by atoms with E-state index in [1.807, 2.05) is 66.8 Å². The van der Waals surface area contributed by atoms with Crippen LogP contribution in [0.25, 0.3) is 0 Å². The Kier molecular flexibility index (Phi) is 31.2. The van der Waals surface area contributed by atoms with E-state index in [1.54, 1.807) is 6.20 Å². The SMILES string of the molecule is CC.CC.C\C=C/N=C\C(C)=C/C. The van der Waals surface area contributed by atoms with Crippen LogP contribution in [0.4, 0.5) is 0 Å². The van der Waals surface area contributed by atoms with Crippen LogP contribution in [0.5, 0.6) is 0 Å². The van der Waals surface area contributed by atoms with Gasteiger partial charge in [0.2, 0.25) is 0 Å². The van der Waals surface area contributed by atoms with E-state index >= 15 is 0 Å². The van der Waals surface area contributed by atoms with E-state index in [9.17, 15) is 0 Å². The quantitative estimate of drug-likeness (QED) is 0.554. The highest BCUT2D eigenvalue weighted by atomic mass is 14.7. The number of hydrogen-bond acceptors (Lipinski definition) is 1. The molecule has 0 aromatic rings. The van der Waals surface area contributed by atoms with E-state index in [2.05, 4.69) is 4.99 Å². The molecule has 0 unspecified atom stereocenters. The van der Waals surface area contributed by atoms with Gasteiger partial charge in [-0.3, -0.25) is 4.99 Å². The third-order valence-electron chi connectivity index (χ3n) is 0.969. The first-order valence-electron chi connectivity index (χ1n) is 5.08. The Labute approximate surface area is 84.3 Å². The van der Waals surface area contributed by atoms with Gasteiger partial charge in [-0.2, -0.15) is 0 Å². The molecule has 0 heterocycles. The van der Waals surface area contributed by atoms with Crippen molar-refractivity contribution in [2.45, 2.75) is 48.5 Å². The molecule has 0 aliphatic rings. The lowest BCUT2D eigenvalue weighted by Crippen LogP contribution is -1.72. The predicted octanol–water partition coefficient (Wildman–Crippen LogP) is 4.61. The highest BCUT2D eigenvalue weighted by molar-refractivity contribution is 5.77. The van der Waals surface area contributed by atoms with Crippen LogP contribution in [-0.4, -0.2) is 6.21 Å². The molecule has 13 heavy (non-hydrogen) atoms. The van der Waals surface area contributed by atoms with E-state index < -0.39 is 0 Å². The molecule has 0 amide bonds. The third kappa shape index (κ3) is 24.7. The smallest absolute Gasteiger partial charge is 0.0293 e. The Morgan fingerprint density at radius 1 is 1.00 bits per heavy atom. The maximum Gasteiger partial charge on any atom is 0.0293 e. The average Bonchev–Trinajstić information content (AvgIpc) is 2.24. The zero-order chi connectivity index (χ0) is 11.1. The summed E-state index contributed by atoms with van der Waals surface area (Å²) in [6.45, 7) is 14.0. The van der Waals surface area contributed by atoms with Crippen molar-refractivity contribution in [1.29, 1.82) is 0 Å². The van der Waals surface area contributed by atoms with Gasteiger partial charge in [0.25, 0.3) is 0 Å². The molecule has 0 aromatic heterocycles. The first-order chi connectivity index (χ1) is 6.31. The van der Waals surface area contributed by atoms with Crippen molar-refractivity contribution < 1.29 is 0 Å². The van der Waals surface area contributed by atoms with Crippen molar-refractivity contribution in [3.05, 3.63) is 23.9 Å². The Morgan fingerprint density at radius 2 is 1.46 bits per heavy atom. The van der Waals surface area contributed by atoms with E-state index in [0.717, 1.165) is 0 Å². The van der Waals surface area contributed by atoms with E-state index in [4.69, 9.17) is 0 Å². The van der Waals surface area contributed by atoms with Gasteiger partial charge in [0, 0.05) is 12.4 Å². The number of hydrogen-bond donors (Lipinski definition) is 0. The predicted molar refractivity (Wildman–Crippen MR) is 65.4 cm³/mol. The second-order valence-electron chi connectivity index (χ2n) is 1.79. The summed E-state index contributed by atoms with van der Waals surface area (Å²) < 4.78 is 0. The zero-order valence-corrected chi connectivity index (χ0v) is 10.3. The van der Waals surface area contributed by atoms with Crippen molar-refractivity contribution in [3.63, 3.8) is 0 Å². The molecule has 0 aliphatic heterocycles. The van der Waals surface area contributed by atoms with Crippen LogP contribution in [0.15, 0.2) is 28.9 Å². The fraction of sp³-hybridized carbons (Fsp3) is 0.583. The van der Waals surface area contributed by atoms with Crippen LogP contribution in [-0.2, 0) is 0 Å². The molecule has 0 radical (unpaired) electrons. The molecule has 0 aliphatic carbocycles. The van der Waals surface area contributed by atoms with Crippen LogP contribution in [0, 0.1) is 0 Å². The van der Waals surface area contributed by atoms with Gasteiger partial charge in [-0.15, -0.1) is 0 Å². The molecule has 0 saturated heterocycles. The second-order valence-corrected chi connectivity index (χ2v) is 1.79. The van der Waals surface area contributed by atoms with Crippen molar-refractivity contribution in [1.82, 2.24) is 0 Å². The molecular weight excluding hydrogens is 158 g/mol. The van der Waals surface area contributed by atoms with Crippen molar-refractivity contribution >= 4 is 6.21 Å². The molecule has 1 heteroatoms. The van der Waals surface area contributed by atoms with E-state index in [1.165, 1.54) is 5.57 Å². The topological polar surface area (TPSA) is 12.4 Å². The van der Waals surface area contributed by atoms with Gasteiger partial charge in [-0.25, -0.2) is 0 Å². The highest BCUT2D eigenvalue weighted by Crippen LogP contribution is 1.85. The molecule has 0 rings (SSSR count). The standard InChI is InChI=1S/C8H13N.2C2H6/c1-4-6-9-7-8(3)5-2;2*1-2/h4-7H,1-3H3;2*1-2H3/b6-4-,8-5-,9-7-;;. The van der Waals surface area contributed by atoms with Crippen LogP contribution in [0.2, 0.25) is 0 Å². The van der Waals surface area contributed by atoms with Crippen molar-refractivity contribution in [3.8, 4) is 0 Å². The third-order valence-corrected chi connectivity index (χ3v) is 0.969. The minimum atomic E-state index is 1.19. The maximum absolute atomic E-state index is 3.99. The van der Waals surface area contributed by atoms with Gasteiger partial charge < -0.3 is 0 Å². The first kappa shape index (κ1) is 18.0. The molecule has 78 valence electrons. The zero-order valence-electron chi connectivity index (χ0n) is 10.3. The van der Waals surface area contributed by atoms with Gasteiger partial charge in [-0.1, -0.05) is 39.8 Å². The van der Waals surface area contributed by atoms with Crippen LogP contribution >= 0.6 is 0 Å². The van der Waals surface area contributed by atoms with Gasteiger partial charge in [-0.05, 0) is 26.3 Å². The molecule has 0 fully saturated rings. The van der Waals surface area contributed by atoms with E-state index in [0.29, 0.717) is 0 Å². The molecule has 0 saturated carbocycles. The lowest BCUT2D eigenvalue weighted by Gasteiger charge is -1.82. The minimum Gasteiger partial charge on any atom is -0.265 e. The summed E-state index contributed by atoms with van der Waals surface area (Å²) in [6, 6.07) is 0. The summed E-state index contributed by atoms with van der Waals surface area (Å²) in [4.78, 5) is 3.99. The minimum absolute atomic E-state index is 1.19. The summed E-state index contributed by atoms with van der Waals surface area (Å²) in [5.74, 6) is 0. The number of rotatable bonds is 2. The molecule has 0 atom stereocenters. The highest BCUT2D eigenvalue weighted by Gasteiger charge is 1.72. The molecule has 0 aromatic carbocycles. The Bertz CT molecular complexity index is 141. The second kappa shape index (κ2) is 22.5. The molecule has 0 N–H and O–H groups in total. The Balaban J connectivity index is -0.000000218. The van der Waals surface area contributed by atoms with Crippen LogP contribution in [0.1, 0.15) is 48.5 Å². The molecule has 0 spiro atoms. The summed E-state index contributed by atoms with van der Waals surface area (Å²) >= 11 is 0.